The van der Waals surface area contributed by atoms with Crippen molar-refractivity contribution in [3.05, 3.63) is 49.6 Å². The lowest BCUT2D eigenvalue weighted by atomic mass is 10.2. The minimum absolute atomic E-state index is 0.244. The Balaban J connectivity index is 2.25. The van der Waals surface area contributed by atoms with Crippen LogP contribution in [0.3, 0.4) is 0 Å². The van der Waals surface area contributed by atoms with Crippen LogP contribution in [-0.4, -0.2) is 6.54 Å². The second-order valence-electron chi connectivity index (χ2n) is 3.60. The molecule has 6 heteroatoms. The number of halogens is 3. The third kappa shape index (κ3) is 3.11. The van der Waals surface area contributed by atoms with Crippen LogP contribution in [0.1, 0.15) is 11.7 Å². The summed E-state index contributed by atoms with van der Waals surface area (Å²) >= 11 is 19.4. The Bertz CT molecular complexity index is 530. The summed E-state index contributed by atoms with van der Waals surface area (Å²) in [5, 5.41) is 5.17. The van der Waals surface area contributed by atoms with Gasteiger partial charge in [0.15, 0.2) is 0 Å². The summed E-state index contributed by atoms with van der Waals surface area (Å²) in [7, 11) is 0. The van der Waals surface area contributed by atoms with Gasteiger partial charge >= 0.3 is 0 Å². The summed E-state index contributed by atoms with van der Waals surface area (Å²) in [6.07, 6.45) is -0.244. The zero-order valence-electron chi connectivity index (χ0n) is 9.20. The van der Waals surface area contributed by atoms with Crippen molar-refractivity contribution < 1.29 is 4.74 Å². The van der Waals surface area contributed by atoms with Crippen molar-refractivity contribution in [3.8, 4) is 5.75 Å². The van der Waals surface area contributed by atoms with E-state index < -0.39 is 0 Å². The molecule has 2 rings (SSSR count). The summed E-state index contributed by atoms with van der Waals surface area (Å²) in [6, 6.07) is 5.12. The summed E-state index contributed by atoms with van der Waals surface area (Å²) in [6.45, 7) is 0.354. The Morgan fingerprint density at radius 1 is 1.17 bits per heavy atom. The SMILES string of the molecule is NCC(Oc1cc(Cl)c(Cl)cc1Cl)c1ccsc1. The monoisotopic (exact) mass is 321 g/mol. The van der Waals surface area contributed by atoms with Crippen LogP contribution in [-0.2, 0) is 0 Å². The third-order valence-electron chi connectivity index (χ3n) is 2.37. The lowest BCUT2D eigenvalue weighted by Gasteiger charge is -2.17. The Labute approximate surface area is 124 Å². The summed E-state index contributed by atoms with van der Waals surface area (Å²) in [4.78, 5) is 0. The van der Waals surface area contributed by atoms with E-state index in [1.54, 1.807) is 23.5 Å². The molecule has 0 amide bonds. The minimum atomic E-state index is -0.244. The Hall–Kier alpha value is -0.450. The van der Waals surface area contributed by atoms with E-state index in [0.717, 1.165) is 5.56 Å². The minimum Gasteiger partial charge on any atom is -0.483 e. The van der Waals surface area contributed by atoms with E-state index in [0.29, 0.717) is 27.4 Å². The van der Waals surface area contributed by atoms with Crippen molar-refractivity contribution in [2.45, 2.75) is 6.10 Å². The number of hydrogen-bond acceptors (Lipinski definition) is 3. The number of ether oxygens (including phenoxy) is 1. The summed E-state index contributed by atoms with van der Waals surface area (Å²) in [5.41, 5.74) is 6.73. The van der Waals surface area contributed by atoms with E-state index in [4.69, 9.17) is 45.3 Å². The van der Waals surface area contributed by atoms with Crippen molar-refractivity contribution in [2.75, 3.05) is 6.54 Å². The highest BCUT2D eigenvalue weighted by atomic mass is 35.5. The molecule has 96 valence electrons. The maximum absolute atomic E-state index is 6.06. The van der Waals surface area contributed by atoms with Gasteiger partial charge in [-0.05, 0) is 22.9 Å². The first-order chi connectivity index (χ1) is 8.61. The molecule has 0 spiro atoms. The lowest BCUT2D eigenvalue weighted by Crippen LogP contribution is -2.18. The molecule has 0 radical (unpaired) electrons. The van der Waals surface area contributed by atoms with E-state index in [-0.39, 0.29) is 6.10 Å². The predicted molar refractivity (Wildman–Crippen MR) is 78.2 cm³/mol. The average molecular weight is 323 g/mol. The highest BCUT2D eigenvalue weighted by Gasteiger charge is 2.15. The molecule has 1 unspecified atom stereocenters. The van der Waals surface area contributed by atoms with Gasteiger partial charge in [-0.15, -0.1) is 0 Å². The van der Waals surface area contributed by atoms with Gasteiger partial charge in [-0.25, -0.2) is 0 Å². The maximum Gasteiger partial charge on any atom is 0.140 e. The molecular formula is C12H10Cl3NOS. The predicted octanol–water partition coefficient (Wildman–Crippen LogP) is 4.79. The Kier molecular flexibility index (Phi) is 4.76. The maximum atomic E-state index is 6.06. The molecule has 18 heavy (non-hydrogen) atoms. The first kappa shape index (κ1) is 14.0. The largest absolute Gasteiger partial charge is 0.483 e. The second kappa shape index (κ2) is 6.13. The fraction of sp³-hybridized carbons (Fsp3) is 0.167. The van der Waals surface area contributed by atoms with Gasteiger partial charge in [-0.1, -0.05) is 34.8 Å². The normalized spacial score (nSPS) is 12.4. The number of rotatable bonds is 4. The Morgan fingerprint density at radius 3 is 2.50 bits per heavy atom. The molecule has 2 aromatic rings. The standard InChI is InChI=1S/C12H10Cl3NOS/c13-8-3-10(15)11(4-9(8)14)17-12(5-16)7-1-2-18-6-7/h1-4,6,12H,5,16H2. The molecule has 0 saturated heterocycles. The topological polar surface area (TPSA) is 35.2 Å². The van der Waals surface area contributed by atoms with E-state index >= 15 is 0 Å². The number of nitrogens with two attached hydrogens (primary N) is 1. The van der Waals surface area contributed by atoms with Crippen LogP contribution in [0.5, 0.6) is 5.75 Å². The zero-order chi connectivity index (χ0) is 13.1. The zero-order valence-corrected chi connectivity index (χ0v) is 12.3. The van der Waals surface area contributed by atoms with Crippen molar-refractivity contribution in [2.24, 2.45) is 5.73 Å². The molecular weight excluding hydrogens is 313 g/mol. The van der Waals surface area contributed by atoms with Crippen LogP contribution in [0.2, 0.25) is 15.1 Å². The average Bonchev–Trinajstić information content (AvgIpc) is 2.85. The molecule has 0 bridgehead atoms. The first-order valence-electron chi connectivity index (χ1n) is 5.15. The van der Waals surface area contributed by atoms with Gasteiger partial charge in [0, 0.05) is 18.2 Å². The van der Waals surface area contributed by atoms with Crippen LogP contribution < -0.4 is 10.5 Å². The highest BCUT2D eigenvalue weighted by molar-refractivity contribution is 7.07. The van der Waals surface area contributed by atoms with Gasteiger partial charge in [0.1, 0.15) is 11.9 Å². The van der Waals surface area contributed by atoms with Gasteiger partial charge in [-0.2, -0.15) is 11.3 Å². The van der Waals surface area contributed by atoms with Crippen molar-refractivity contribution >= 4 is 46.1 Å². The number of hydrogen-bond donors (Lipinski definition) is 1. The molecule has 1 aromatic carbocycles. The quantitative estimate of drug-likeness (QED) is 0.822. The van der Waals surface area contributed by atoms with Crippen LogP contribution >= 0.6 is 46.1 Å². The van der Waals surface area contributed by atoms with Gasteiger partial charge in [0.2, 0.25) is 0 Å². The van der Waals surface area contributed by atoms with Gasteiger partial charge < -0.3 is 10.5 Å². The fourth-order valence-electron chi connectivity index (χ4n) is 1.46. The van der Waals surface area contributed by atoms with Crippen LogP contribution in [0.15, 0.2) is 29.0 Å². The smallest absolute Gasteiger partial charge is 0.140 e. The van der Waals surface area contributed by atoms with Crippen LogP contribution in [0, 0.1) is 0 Å². The van der Waals surface area contributed by atoms with Gasteiger partial charge in [0.05, 0.1) is 15.1 Å². The molecule has 1 heterocycles. The molecule has 0 aliphatic heterocycles. The summed E-state index contributed by atoms with van der Waals surface area (Å²) < 4.78 is 5.78. The van der Waals surface area contributed by atoms with Crippen LogP contribution in [0.4, 0.5) is 0 Å². The van der Waals surface area contributed by atoms with Gasteiger partial charge in [0.25, 0.3) is 0 Å². The van der Waals surface area contributed by atoms with E-state index in [9.17, 15) is 0 Å². The van der Waals surface area contributed by atoms with E-state index in [1.807, 2.05) is 16.8 Å². The van der Waals surface area contributed by atoms with E-state index in [2.05, 4.69) is 0 Å². The molecule has 2 N–H and O–H groups in total. The first-order valence-corrected chi connectivity index (χ1v) is 7.23. The van der Waals surface area contributed by atoms with E-state index in [1.165, 1.54) is 0 Å². The Morgan fingerprint density at radius 2 is 1.89 bits per heavy atom. The van der Waals surface area contributed by atoms with Crippen molar-refractivity contribution in [1.82, 2.24) is 0 Å². The van der Waals surface area contributed by atoms with Crippen LogP contribution in [0.25, 0.3) is 0 Å². The molecule has 1 atom stereocenters. The third-order valence-corrected chi connectivity index (χ3v) is 4.09. The number of benzene rings is 1. The highest BCUT2D eigenvalue weighted by Crippen LogP contribution is 2.36. The molecule has 1 aromatic heterocycles. The second-order valence-corrected chi connectivity index (χ2v) is 5.60. The van der Waals surface area contributed by atoms with Crippen molar-refractivity contribution in [3.63, 3.8) is 0 Å². The van der Waals surface area contributed by atoms with Crippen molar-refractivity contribution in [1.29, 1.82) is 0 Å². The number of thiophene rings is 1. The molecule has 0 aliphatic rings. The molecule has 0 fully saturated rings. The van der Waals surface area contributed by atoms with Gasteiger partial charge in [-0.3, -0.25) is 0 Å². The lowest BCUT2D eigenvalue weighted by molar-refractivity contribution is 0.215. The summed E-state index contributed by atoms with van der Waals surface area (Å²) in [5.74, 6) is 0.479. The fourth-order valence-corrected chi connectivity index (χ4v) is 2.74. The molecule has 2 nitrogen and oxygen atoms in total. The molecule has 0 aliphatic carbocycles. The molecule has 0 saturated carbocycles.